The Morgan fingerprint density at radius 1 is 1.06 bits per heavy atom. The molecule has 1 amide bonds. The summed E-state index contributed by atoms with van der Waals surface area (Å²) in [5.41, 5.74) is -4.82. The number of halogens is 7. The molecule has 1 spiro atoms. The van der Waals surface area contributed by atoms with E-state index in [2.05, 4.69) is 0 Å². The van der Waals surface area contributed by atoms with Crippen LogP contribution in [0, 0.1) is 28.7 Å². The van der Waals surface area contributed by atoms with Crippen LogP contribution in [0.1, 0.15) is 57.4 Å². The highest BCUT2D eigenvalue weighted by Gasteiger charge is 2.50. The number of hydrogen-bond acceptors (Lipinski definition) is 3. The predicted molar refractivity (Wildman–Crippen MR) is 93.9 cm³/mol. The Hall–Kier alpha value is -2.33. The van der Waals surface area contributed by atoms with Crippen molar-refractivity contribution in [1.82, 2.24) is 0 Å². The van der Waals surface area contributed by atoms with Crippen LogP contribution in [0.2, 0.25) is 0 Å². The fraction of sp³-hybridized carbons (Fsp3) is 0.600. The normalized spacial score (nSPS) is 21.1. The largest absolute Gasteiger partial charge is 0.466 e. The van der Waals surface area contributed by atoms with Gasteiger partial charge in [0.15, 0.2) is 23.3 Å². The SMILES string of the molecule is CCOC(=O)CC1CC2(CCCC2)CC(=O)N1c1c(F)c(F)c(C(F)(F)F)c(F)c1F. The van der Waals surface area contributed by atoms with Crippen LogP contribution >= 0.6 is 0 Å². The van der Waals surface area contributed by atoms with Crippen molar-refractivity contribution in [2.45, 2.75) is 64.1 Å². The molecular weight excluding hydrogens is 435 g/mol. The fourth-order valence-corrected chi connectivity index (χ4v) is 4.74. The lowest BCUT2D eigenvalue weighted by Crippen LogP contribution is -2.52. The van der Waals surface area contributed by atoms with Crippen molar-refractivity contribution in [2.75, 3.05) is 11.5 Å². The Morgan fingerprint density at radius 3 is 2.10 bits per heavy atom. The van der Waals surface area contributed by atoms with Gasteiger partial charge in [0.25, 0.3) is 0 Å². The number of carbonyl (C=O) groups is 2. The zero-order valence-corrected chi connectivity index (χ0v) is 16.6. The van der Waals surface area contributed by atoms with Crippen LogP contribution < -0.4 is 4.90 Å². The van der Waals surface area contributed by atoms with Crippen molar-refractivity contribution in [2.24, 2.45) is 5.41 Å². The van der Waals surface area contributed by atoms with Gasteiger partial charge in [-0.15, -0.1) is 0 Å². The highest BCUT2D eigenvalue weighted by molar-refractivity contribution is 5.96. The van der Waals surface area contributed by atoms with E-state index in [9.17, 15) is 40.3 Å². The predicted octanol–water partition coefficient (Wildman–Crippen LogP) is 5.27. The van der Waals surface area contributed by atoms with E-state index >= 15 is 0 Å². The molecule has 31 heavy (non-hydrogen) atoms. The number of esters is 1. The van der Waals surface area contributed by atoms with Crippen LogP contribution in [0.3, 0.4) is 0 Å². The number of piperidine rings is 1. The van der Waals surface area contributed by atoms with Crippen molar-refractivity contribution in [3.63, 3.8) is 0 Å². The lowest BCUT2D eigenvalue weighted by molar-refractivity contribution is -0.144. The molecule has 2 fully saturated rings. The molecule has 1 aliphatic carbocycles. The van der Waals surface area contributed by atoms with E-state index in [-0.39, 0.29) is 19.4 Å². The molecule has 0 N–H and O–H groups in total. The molecule has 4 nitrogen and oxygen atoms in total. The number of alkyl halides is 3. The van der Waals surface area contributed by atoms with Crippen LogP contribution in [0.4, 0.5) is 36.4 Å². The van der Waals surface area contributed by atoms with Gasteiger partial charge in [-0.05, 0) is 31.6 Å². The van der Waals surface area contributed by atoms with E-state index in [1.165, 1.54) is 6.92 Å². The third kappa shape index (κ3) is 4.23. The molecule has 1 saturated heterocycles. The third-order valence-corrected chi connectivity index (χ3v) is 5.97. The number of rotatable bonds is 4. The summed E-state index contributed by atoms with van der Waals surface area (Å²) < 4.78 is 101. The summed E-state index contributed by atoms with van der Waals surface area (Å²) in [6.07, 6.45) is -3.49. The summed E-state index contributed by atoms with van der Waals surface area (Å²) in [5.74, 6) is -11.7. The van der Waals surface area contributed by atoms with Gasteiger partial charge >= 0.3 is 12.1 Å². The van der Waals surface area contributed by atoms with Gasteiger partial charge in [0.1, 0.15) is 11.3 Å². The van der Waals surface area contributed by atoms with Gasteiger partial charge in [-0.1, -0.05) is 12.8 Å². The average Bonchev–Trinajstić information content (AvgIpc) is 3.08. The first kappa shape index (κ1) is 23.3. The Labute approximate surface area is 173 Å². The number of benzene rings is 1. The summed E-state index contributed by atoms with van der Waals surface area (Å²) in [5, 5.41) is 0. The Bertz CT molecular complexity index is 865. The topological polar surface area (TPSA) is 46.6 Å². The van der Waals surface area contributed by atoms with Crippen LogP contribution in [0.25, 0.3) is 0 Å². The summed E-state index contributed by atoms with van der Waals surface area (Å²) in [7, 11) is 0. The number of hydrogen-bond donors (Lipinski definition) is 0. The number of anilines is 1. The first-order valence-electron chi connectivity index (χ1n) is 9.82. The second-order valence-electron chi connectivity index (χ2n) is 7.99. The molecular formula is C20H20F7NO3. The quantitative estimate of drug-likeness (QED) is 0.353. The molecule has 2 aliphatic rings. The molecule has 0 aromatic heterocycles. The standard InChI is InChI=1S/C20H20F7NO3/c1-2-31-12(30)7-10-8-19(5-3-4-6-19)9-11(29)28(10)18-16(23)14(21)13(20(25,26)27)15(22)17(18)24/h10H,2-9H2,1H3. The zero-order chi connectivity index (χ0) is 23.1. The van der Waals surface area contributed by atoms with Gasteiger partial charge in [0.2, 0.25) is 5.91 Å². The van der Waals surface area contributed by atoms with E-state index < -0.39 is 70.5 Å². The molecule has 1 heterocycles. The van der Waals surface area contributed by atoms with Crippen LogP contribution in [0.5, 0.6) is 0 Å². The number of carbonyl (C=O) groups excluding carboxylic acids is 2. The third-order valence-electron chi connectivity index (χ3n) is 5.97. The minimum atomic E-state index is -5.70. The second-order valence-corrected chi connectivity index (χ2v) is 7.99. The van der Waals surface area contributed by atoms with Gasteiger partial charge in [-0.25, -0.2) is 17.6 Å². The van der Waals surface area contributed by atoms with Crippen molar-refractivity contribution < 1.29 is 45.1 Å². The minimum Gasteiger partial charge on any atom is -0.466 e. The first-order chi connectivity index (χ1) is 14.4. The van der Waals surface area contributed by atoms with E-state index in [1.54, 1.807) is 0 Å². The van der Waals surface area contributed by atoms with Crippen LogP contribution in [-0.2, 0) is 20.5 Å². The molecule has 1 aromatic rings. The van der Waals surface area contributed by atoms with Gasteiger partial charge in [0, 0.05) is 12.5 Å². The molecule has 1 aromatic carbocycles. The van der Waals surface area contributed by atoms with Gasteiger partial charge in [-0.2, -0.15) is 13.2 Å². The van der Waals surface area contributed by atoms with Gasteiger partial charge in [0.05, 0.1) is 13.0 Å². The van der Waals surface area contributed by atoms with E-state index in [0.717, 1.165) is 12.8 Å². The molecule has 172 valence electrons. The summed E-state index contributed by atoms with van der Waals surface area (Å²) in [6, 6.07) is -1.22. The molecule has 11 heteroatoms. The Balaban J connectivity index is 2.12. The maximum atomic E-state index is 14.6. The van der Waals surface area contributed by atoms with Gasteiger partial charge < -0.3 is 9.64 Å². The van der Waals surface area contributed by atoms with Crippen molar-refractivity contribution in [3.05, 3.63) is 28.8 Å². The highest BCUT2D eigenvalue weighted by atomic mass is 19.4. The molecule has 0 radical (unpaired) electrons. The summed E-state index contributed by atoms with van der Waals surface area (Å²) in [4.78, 5) is 25.3. The molecule has 1 unspecified atom stereocenters. The first-order valence-corrected chi connectivity index (χ1v) is 9.82. The van der Waals surface area contributed by atoms with E-state index in [0.29, 0.717) is 17.7 Å². The van der Waals surface area contributed by atoms with Crippen LogP contribution in [-0.4, -0.2) is 24.5 Å². The Kier molecular flexibility index (Phi) is 6.25. The lowest BCUT2D eigenvalue weighted by atomic mass is 9.72. The number of nitrogens with zero attached hydrogens (tertiary/aromatic N) is 1. The number of amides is 1. The Morgan fingerprint density at radius 2 is 1.61 bits per heavy atom. The maximum Gasteiger partial charge on any atom is 0.422 e. The van der Waals surface area contributed by atoms with Gasteiger partial charge in [-0.3, -0.25) is 9.59 Å². The second kappa shape index (κ2) is 8.31. The zero-order valence-electron chi connectivity index (χ0n) is 16.6. The monoisotopic (exact) mass is 455 g/mol. The fourth-order valence-electron chi connectivity index (χ4n) is 4.74. The summed E-state index contributed by atoms with van der Waals surface area (Å²) >= 11 is 0. The van der Waals surface area contributed by atoms with E-state index in [4.69, 9.17) is 4.74 Å². The highest BCUT2D eigenvalue weighted by Crippen LogP contribution is 2.51. The van der Waals surface area contributed by atoms with Crippen molar-refractivity contribution in [1.29, 1.82) is 0 Å². The van der Waals surface area contributed by atoms with Crippen molar-refractivity contribution >= 4 is 17.6 Å². The molecule has 0 bridgehead atoms. The minimum absolute atomic E-state index is 0.0170. The lowest BCUT2D eigenvalue weighted by Gasteiger charge is -2.44. The van der Waals surface area contributed by atoms with Crippen molar-refractivity contribution in [3.8, 4) is 0 Å². The summed E-state index contributed by atoms with van der Waals surface area (Å²) in [6.45, 7) is 1.50. The molecule has 1 aliphatic heterocycles. The molecule has 3 rings (SSSR count). The smallest absolute Gasteiger partial charge is 0.422 e. The molecule has 1 saturated carbocycles. The number of ether oxygens (including phenoxy) is 1. The maximum absolute atomic E-state index is 14.6. The van der Waals surface area contributed by atoms with E-state index in [1.807, 2.05) is 0 Å². The van der Waals surface area contributed by atoms with Crippen LogP contribution in [0.15, 0.2) is 0 Å². The molecule has 1 atom stereocenters. The average molecular weight is 455 g/mol.